The van der Waals surface area contributed by atoms with Gasteiger partial charge in [0, 0.05) is 17.8 Å². The molecule has 0 fully saturated rings. The average Bonchev–Trinajstić information content (AvgIpc) is 3.09. The summed E-state index contributed by atoms with van der Waals surface area (Å²) in [6.45, 7) is 0.533. The molecule has 3 heterocycles. The minimum Gasteiger partial charge on any atom is -0.368 e. The largest absolute Gasteiger partial charge is 0.368 e. The number of nitrogens with zero attached hydrogens (tertiary/aromatic N) is 6. The molecule has 8 nitrogen and oxygen atoms in total. The van der Waals surface area contributed by atoms with Gasteiger partial charge >= 0.3 is 0 Å². The SMILES string of the molecule is Nc1nc(NCc2cscn2)nc(-n2cccn2)n1. The van der Waals surface area contributed by atoms with E-state index in [0.717, 1.165) is 5.69 Å². The van der Waals surface area contributed by atoms with Gasteiger partial charge in [0.2, 0.25) is 11.9 Å². The maximum Gasteiger partial charge on any atom is 0.257 e. The first-order valence-electron chi connectivity index (χ1n) is 5.44. The average molecular weight is 274 g/mol. The summed E-state index contributed by atoms with van der Waals surface area (Å²) >= 11 is 1.54. The zero-order chi connectivity index (χ0) is 13.1. The van der Waals surface area contributed by atoms with Crippen LogP contribution in [0.4, 0.5) is 11.9 Å². The minimum absolute atomic E-state index is 0.140. The quantitative estimate of drug-likeness (QED) is 0.721. The Morgan fingerprint density at radius 1 is 1.32 bits per heavy atom. The van der Waals surface area contributed by atoms with Crippen LogP contribution in [-0.2, 0) is 6.54 Å². The highest BCUT2D eigenvalue weighted by Gasteiger charge is 2.06. The van der Waals surface area contributed by atoms with Crippen molar-refractivity contribution in [3.63, 3.8) is 0 Å². The summed E-state index contributed by atoms with van der Waals surface area (Å²) in [5, 5.41) is 9.05. The highest BCUT2D eigenvalue weighted by atomic mass is 32.1. The zero-order valence-electron chi connectivity index (χ0n) is 9.76. The van der Waals surface area contributed by atoms with E-state index >= 15 is 0 Å². The van der Waals surface area contributed by atoms with Crippen LogP contribution in [0, 0.1) is 0 Å². The van der Waals surface area contributed by atoms with Crippen molar-refractivity contribution in [1.82, 2.24) is 29.7 Å². The highest BCUT2D eigenvalue weighted by Crippen LogP contribution is 2.08. The van der Waals surface area contributed by atoms with Crippen LogP contribution >= 0.6 is 11.3 Å². The van der Waals surface area contributed by atoms with E-state index in [1.807, 2.05) is 5.38 Å². The molecule has 0 bridgehead atoms. The van der Waals surface area contributed by atoms with Gasteiger partial charge in [-0.3, -0.25) is 0 Å². The third kappa shape index (κ3) is 2.65. The van der Waals surface area contributed by atoms with Crippen LogP contribution in [0.1, 0.15) is 5.69 Å². The first-order valence-corrected chi connectivity index (χ1v) is 6.38. The van der Waals surface area contributed by atoms with Crippen molar-refractivity contribution in [2.24, 2.45) is 0 Å². The molecule has 3 aromatic heterocycles. The van der Waals surface area contributed by atoms with Gasteiger partial charge in [-0.05, 0) is 6.07 Å². The van der Waals surface area contributed by atoms with E-state index in [1.165, 1.54) is 16.0 Å². The number of hydrogen-bond acceptors (Lipinski definition) is 8. The Kier molecular flexibility index (Phi) is 3.02. The molecule has 0 spiro atoms. The first kappa shape index (κ1) is 11.5. The molecule has 3 aromatic rings. The first-order chi connectivity index (χ1) is 9.31. The minimum atomic E-state index is 0.140. The lowest BCUT2D eigenvalue weighted by atomic mass is 10.5. The lowest BCUT2D eigenvalue weighted by molar-refractivity contribution is 0.798. The van der Waals surface area contributed by atoms with E-state index in [4.69, 9.17) is 5.73 Å². The standard InChI is InChI=1S/C10H10N8S/c11-8-15-9(12-4-7-5-19-6-13-7)17-10(16-8)18-3-1-2-14-18/h1-3,5-6H,4H2,(H3,11,12,15,16,17). The number of nitrogens with two attached hydrogens (primary N) is 1. The number of aromatic nitrogens is 6. The number of nitrogen functional groups attached to an aromatic ring is 1. The monoisotopic (exact) mass is 274 g/mol. The zero-order valence-corrected chi connectivity index (χ0v) is 10.6. The third-order valence-electron chi connectivity index (χ3n) is 2.26. The second kappa shape index (κ2) is 4.98. The maximum atomic E-state index is 5.66. The van der Waals surface area contributed by atoms with Crippen molar-refractivity contribution in [3.8, 4) is 5.95 Å². The van der Waals surface area contributed by atoms with E-state index in [2.05, 4.69) is 30.4 Å². The molecule has 19 heavy (non-hydrogen) atoms. The van der Waals surface area contributed by atoms with Gasteiger partial charge in [-0.15, -0.1) is 11.3 Å². The summed E-state index contributed by atoms with van der Waals surface area (Å²) in [7, 11) is 0. The van der Waals surface area contributed by atoms with E-state index in [1.54, 1.807) is 24.0 Å². The number of thiazole rings is 1. The van der Waals surface area contributed by atoms with Gasteiger partial charge in [-0.1, -0.05) is 0 Å². The molecule has 0 amide bonds. The molecule has 0 atom stereocenters. The van der Waals surface area contributed by atoms with Gasteiger partial charge in [0.25, 0.3) is 5.95 Å². The number of hydrogen-bond donors (Lipinski definition) is 2. The molecule has 0 radical (unpaired) electrons. The van der Waals surface area contributed by atoms with Crippen molar-refractivity contribution >= 4 is 23.2 Å². The van der Waals surface area contributed by atoms with Gasteiger partial charge in [-0.2, -0.15) is 20.1 Å². The molecular weight excluding hydrogens is 264 g/mol. The normalized spacial score (nSPS) is 10.5. The summed E-state index contributed by atoms with van der Waals surface area (Å²) in [4.78, 5) is 16.4. The molecule has 9 heteroatoms. The van der Waals surface area contributed by atoms with E-state index in [-0.39, 0.29) is 5.95 Å². The maximum absolute atomic E-state index is 5.66. The molecule has 3 N–H and O–H groups in total. The van der Waals surface area contributed by atoms with Gasteiger partial charge < -0.3 is 11.1 Å². The molecule has 3 rings (SSSR count). The van der Waals surface area contributed by atoms with Crippen LogP contribution in [0.5, 0.6) is 0 Å². The second-order valence-electron chi connectivity index (χ2n) is 3.60. The number of rotatable bonds is 4. The fraction of sp³-hybridized carbons (Fsp3) is 0.100. The molecule has 0 aliphatic carbocycles. The summed E-state index contributed by atoms with van der Waals surface area (Å²) in [5.74, 6) is 0.908. The Morgan fingerprint density at radius 2 is 2.26 bits per heavy atom. The Labute approximate surface area is 112 Å². The van der Waals surface area contributed by atoms with Gasteiger partial charge in [-0.25, -0.2) is 9.67 Å². The van der Waals surface area contributed by atoms with Crippen molar-refractivity contribution in [2.75, 3.05) is 11.1 Å². The molecular formula is C10H10N8S. The van der Waals surface area contributed by atoms with Crippen LogP contribution in [0.2, 0.25) is 0 Å². The number of anilines is 2. The fourth-order valence-corrected chi connectivity index (χ4v) is 2.00. The summed E-state index contributed by atoms with van der Waals surface area (Å²) in [6.07, 6.45) is 3.38. The van der Waals surface area contributed by atoms with Crippen molar-refractivity contribution in [1.29, 1.82) is 0 Å². The lowest BCUT2D eigenvalue weighted by Gasteiger charge is -2.05. The second-order valence-corrected chi connectivity index (χ2v) is 4.32. The molecule has 0 saturated carbocycles. The lowest BCUT2D eigenvalue weighted by Crippen LogP contribution is -2.11. The van der Waals surface area contributed by atoms with Crippen molar-refractivity contribution in [3.05, 3.63) is 35.0 Å². The topological polar surface area (TPSA) is 107 Å². The summed E-state index contributed by atoms with van der Waals surface area (Å²) < 4.78 is 1.52. The van der Waals surface area contributed by atoms with Crippen LogP contribution in [-0.4, -0.2) is 29.7 Å². The van der Waals surface area contributed by atoms with Crippen LogP contribution in [0.25, 0.3) is 5.95 Å². The Bertz CT molecular complexity index is 648. The Morgan fingerprint density at radius 3 is 3.00 bits per heavy atom. The van der Waals surface area contributed by atoms with Crippen LogP contribution in [0.3, 0.4) is 0 Å². The summed E-state index contributed by atoms with van der Waals surface area (Å²) in [5.41, 5.74) is 8.35. The number of nitrogens with one attached hydrogen (secondary N) is 1. The fourth-order valence-electron chi connectivity index (χ4n) is 1.44. The van der Waals surface area contributed by atoms with Crippen molar-refractivity contribution < 1.29 is 0 Å². The predicted octanol–water partition coefficient (Wildman–Crippen LogP) is 0.708. The molecule has 0 unspecified atom stereocenters. The highest BCUT2D eigenvalue weighted by molar-refractivity contribution is 7.07. The molecule has 0 saturated heterocycles. The molecule has 96 valence electrons. The van der Waals surface area contributed by atoms with E-state index in [9.17, 15) is 0 Å². The van der Waals surface area contributed by atoms with Gasteiger partial charge in [0.05, 0.1) is 17.7 Å². The molecule has 0 aromatic carbocycles. The smallest absolute Gasteiger partial charge is 0.257 e. The van der Waals surface area contributed by atoms with Crippen LogP contribution < -0.4 is 11.1 Å². The Balaban J connectivity index is 1.82. The van der Waals surface area contributed by atoms with Gasteiger partial charge in [0.15, 0.2) is 0 Å². The third-order valence-corrected chi connectivity index (χ3v) is 2.90. The molecule has 0 aliphatic rings. The summed E-state index contributed by atoms with van der Waals surface area (Å²) in [6, 6.07) is 1.78. The van der Waals surface area contributed by atoms with Crippen LogP contribution in [0.15, 0.2) is 29.4 Å². The molecule has 0 aliphatic heterocycles. The van der Waals surface area contributed by atoms with E-state index in [0.29, 0.717) is 18.4 Å². The van der Waals surface area contributed by atoms with Crippen molar-refractivity contribution in [2.45, 2.75) is 6.54 Å². The predicted molar refractivity (Wildman–Crippen MR) is 70.8 cm³/mol. The van der Waals surface area contributed by atoms with Gasteiger partial charge in [0.1, 0.15) is 0 Å². The van der Waals surface area contributed by atoms with E-state index < -0.39 is 0 Å². The Hall–Kier alpha value is -2.55.